The maximum atomic E-state index is 10.7. The number of halogens is 9. The summed E-state index contributed by atoms with van der Waals surface area (Å²) in [6.07, 6.45) is 0. The van der Waals surface area contributed by atoms with Crippen LogP contribution in [0.5, 0.6) is 0 Å². The third kappa shape index (κ3) is 28.2. The SMILES string of the molecule is CC#N.CC#N.CC#N.O=S(=O)([O-])C(F)(F)F.O=S(=O)([O-])C(F)(F)F.O=S(=O)([O-])C(F)(F)F.[Tb+3].c1cc(C2=NCCO2)nc(C2=NCCO2)c1.c1cc(C2=NCCO2)nc(C2=NCCO2)c1.c1cc(C2=NCCO2)nc(C2=NCCO2)c1. The fourth-order valence-electron chi connectivity index (χ4n) is 4.96. The normalized spacial score (nSPS) is 15.4. The Labute approximate surface area is 492 Å². The number of aliphatic imine (C=N–C) groups is 6. The van der Waals surface area contributed by atoms with E-state index in [0.717, 1.165) is 34.2 Å². The topological polar surface area (TPSA) is 411 Å². The Hall–Kier alpha value is -6.87. The van der Waals surface area contributed by atoms with Crippen LogP contribution >= 0.6 is 0 Å². The van der Waals surface area contributed by atoms with E-state index in [-0.39, 0.29) is 38.6 Å². The van der Waals surface area contributed by atoms with Gasteiger partial charge in [-0.05, 0) is 36.4 Å². The van der Waals surface area contributed by atoms with Gasteiger partial charge in [0.15, 0.2) is 30.4 Å². The van der Waals surface area contributed by atoms with Crippen LogP contribution in [0.1, 0.15) is 54.9 Å². The molecule has 9 heterocycles. The molecule has 3 aromatic heterocycles. The monoisotopic (exact) mass is 1380 g/mol. The molecule has 0 atom stereocenters. The number of nitriles is 3. The van der Waals surface area contributed by atoms with E-state index in [1.807, 2.05) is 54.6 Å². The summed E-state index contributed by atoms with van der Waals surface area (Å²) in [6, 6.07) is 22.2. The third-order valence-electron chi connectivity index (χ3n) is 7.93. The standard InChI is InChI=1S/3C11H11N3O2.3C2H3N.3CHF3O3S.Tb/c3*1-2-8(10-12-4-6-15-10)14-9(3-1)11-13-5-7-16-11;3*1-2-3;3*2-1(3,4)8(5,6)7;/h3*1-3H,4-7H2;3*1H3;3*(H,5,6,7);/q;;;;;;;;;+3/p-3. The fourth-order valence-corrected chi connectivity index (χ4v) is 4.96. The first-order chi connectivity index (χ1) is 37.8. The number of nitrogens with zero attached hydrogens (tertiary/aromatic N) is 12. The van der Waals surface area contributed by atoms with Crippen molar-refractivity contribution in [3.8, 4) is 18.2 Å². The Morgan fingerprint density at radius 1 is 0.378 bits per heavy atom. The van der Waals surface area contributed by atoms with Crippen molar-refractivity contribution in [2.24, 2.45) is 30.0 Å². The van der Waals surface area contributed by atoms with Crippen LogP contribution < -0.4 is 0 Å². The van der Waals surface area contributed by atoms with Gasteiger partial charge in [0.25, 0.3) is 0 Å². The Kier molecular flexibility index (Phi) is 33.5. The van der Waals surface area contributed by atoms with E-state index in [1.165, 1.54) is 20.8 Å². The molecule has 3 aromatic rings. The molecule has 82 heavy (non-hydrogen) atoms. The summed E-state index contributed by atoms with van der Waals surface area (Å²) < 4.78 is 209. The van der Waals surface area contributed by atoms with Gasteiger partial charge in [-0.15, -0.1) is 0 Å². The van der Waals surface area contributed by atoms with E-state index >= 15 is 0 Å². The van der Waals surface area contributed by atoms with Gasteiger partial charge in [-0.1, -0.05) is 18.2 Å². The minimum Gasteiger partial charge on any atom is -0.741 e. The zero-order valence-electron chi connectivity index (χ0n) is 42.1. The quantitative estimate of drug-likeness (QED) is 0.193. The molecule has 0 saturated carbocycles. The van der Waals surface area contributed by atoms with E-state index in [1.54, 1.807) is 18.2 Å². The van der Waals surface area contributed by atoms with Gasteiger partial charge in [-0.3, -0.25) is 0 Å². The van der Waals surface area contributed by atoms with Crippen molar-refractivity contribution in [3.05, 3.63) is 88.8 Å². The largest absolute Gasteiger partial charge is 3.00 e. The number of hydrogen-bond acceptors (Lipinski definition) is 27. The first-order valence-electron chi connectivity index (χ1n) is 21.8. The van der Waals surface area contributed by atoms with Crippen molar-refractivity contribution in [1.82, 2.24) is 15.0 Å². The second-order valence-corrected chi connectivity index (χ2v) is 17.9. The minimum absolute atomic E-state index is 0. The molecule has 6 aliphatic rings. The Morgan fingerprint density at radius 2 is 0.500 bits per heavy atom. The van der Waals surface area contributed by atoms with Crippen LogP contribution in [0.15, 0.2) is 84.6 Å². The second-order valence-electron chi connectivity index (χ2n) is 13.8. The molecular weight excluding hydrogens is 1340 g/mol. The molecule has 0 aliphatic carbocycles. The molecule has 27 nitrogen and oxygen atoms in total. The van der Waals surface area contributed by atoms with Crippen molar-refractivity contribution >= 4 is 65.7 Å². The van der Waals surface area contributed by atoms with E-state index < -0.39 is 46.9 Å². The van der Waals surface area contributed by atoms with E-state index in [2.05, 4.69) is 44.9 Å². The van der Waals surface area contributed by atoms with Gasteiger partial charge in [0.05, 0.1) is 57.5 Å². The van der Waals surface area contributed by atoms with E-state index in [4.69, 9.17) is 83.1 Å². The minimum atomic E-state index is -6.09. The van der Waals surface area contributed by atoms with Crippen molar-refractivity contribution < 1.29 is 145 Å². The number of rotatable bonds is 6. The van der Waals surface area contributed by atoms with Crippen LogP contribution in [-0.2, 0) is 58.8 Å². The molecule has 0 amide bonds. The molecular formula is C42H42F9N12O15S3Tb. The summed E-state index contributed by atoms with van der Waals surface area (Å²) in [4.78, 5) is 38.6. The molecule has 40 heteroatoms. The zero-order chi connectivity index (χ0) is 61.5. The molecule has 450 valence electrons. The predicted octanol–water partition coefficient (Wildman–Crippen LogP) is 3.65. The summed E-state index contributed by atoms with van der Waals surface area (Å²) in [6.45, 7) is 12.4. The second kappa shape index (κ2) is 36.6. The molecule has 0 fully saturated rings. The van der Waals surface area contributed by atoms with Gasteiger partial charge in [-0.2, -0.15) is 55.3 Å². The summed E-state index contributed by atoms with van der Waals surface area (Å²) in [5.41, 5.74) is -12.5. The Morgan fingerprint density at radius 3 is 0.585 bits per heavy atom. The van der Waals surface area contributed by atoms with Gasteiger partial charge in [0.2, 0.25) is 35.4 Å². The number of pyridine rings is 3. The predicted molar refractivity (Wildman–Crippen MR) is 258 cm³/mol. The molecule has 0 bridgehead atoms. The van der Waals surface area contributed by atoms with Crippen molar-refractivity contribution in [2.45, 2.75) is 37.3 Å². The van der Waals surface area contributed by atoms with Gasteiger partial charge in [-0.25, -0.2) is 70.2 Å². The van der Waals surface area contributed by atoms with Crippen LogP contribution in [0.3, 0.4) is 0 Å². The molecule has 6 aliphatic heterocycles. The van der Waals surface area contributed by atoms with Crippen molar-refractivity contribution in [1.29, 1.82) is 15.8 Å². The molecule has 0 unspecified atom stereocenters. The zero-order valence-corrected chi connectivity index (χ0v) is 46.7. The van der Waals surface area contributed by atoms with Gasteiger partial charge >= 0.3 is 55.1 Å². The molecule has 0 radical (unpaired) electrons. The number of alkyl halides is 9. The maximum absolute atomic E-state index is 10.7. The Balaban J connectivity index is 0.000000954. The van der Waals surface area contributed by atoms with Gasteiger partial charge in [0, 0.05) is 20.8 Å². The van der Waals surface area contributed by atoms with Crippen molar-refractivity contribution in [3.63, 3.8) is 0 Å². The smallest absolute Gasteiger partial charge is 0.741 e. The molecule has 9 rings (SSSR count). The van der Waals surface area contributed by atoms with Crippen molar-refractivity contribution in [2.75, 3.05) is 78.9 Å². The first kappa shape index (κ1) is 75.1. The average Bonchev–Trinajstić information content (AvgIpc) is 4.24. The van der Waals surface area contributed by atoms with Crippen LogP contribution in [0.4, 0.5) is 39.5 Å². The van der Waals surface area contributed by atoms with E-state index in [9.17, 15) is 39.5 Å². The summed E-state index contributed by atoms with van der Waals surface area (Å²) in [5, 5.41) is 22.0. The summed E-state index contributed by atoms with van der Waals surface area (Å²) in [7, 11) is -18.3. The maximum Gasteiger partial charge on any atom is 3.00 e. The number of hydrogen-bond donors (Lipinski definition) is 0. The fraction of sp³-hybridized carbons (Fsp3) is 0.429. The van der Waals surface area contributed by atoms with Gasteiger partial charge in [0.1, 0.15) is 73.8 Å². The van der Waals surface area contributed by atoms with Crippen LogP contribution in [0.2, 0.25) is 0 Å². The number of ether oxygens (including phenoxy) is 6. The Bertz CT molecular complexity index is 2770. The van der Waals surface area contributed by atoms with Crippen LogP contribution in [-0.4, -0.2) is 185 Å². The average molecular weight is 1380 g/mol. The first-order valence-corrected chi connectivity index (χ1v) is 26.0. The van der Waals surface area contributed by atoms with Crippen LogP contribution in [0.25, 0.3) is 0 Å². The molecule has 0 N–H and O–H groups in total. The molecule has 0 saturated heterocycles. The summed E-state index contributed by atoms with van der Waals surface area (Å²) in [5.74, 6) is 3.67. The van der Waals surface area contributed by atoms with Gasteiger partial charge < -0.3 is 42.1 Å². The third-order valence-corrected chi connectivity index (χ3v) is 9.63. The van der Waals surface area contributed by atoms with Crippen LogP contribution in [0, 0.1) is 72.6 Å². The molecule has 0 spiro atoms. The molecule has 0 aromatic carbocycles. The summed E-state index contributed by atoms with van der Waals surface area (Å²) >= 11 is 0. The van der Waals surface area contributed by atoms with E-state index in [0.29, 0.717) is 114 Å². The number of aromatic nitrogens is 3.